The maximum Gasteiger partial charge on any atom is 0.325 e. The zero-order chi connectivity index (χ0) is 15.4. The van der Waals surface area contributed by atoms with E-state index >= 15 is 0 Å². The molecule has 1 aliphatic rings. The average molecular weight is 308 g/mol. The van der Waals surface area contributed by atoms with Gasteiger partial charge in [0.1, 0.15) is 6.04 Å². The maximum absolute atomic E-state index is 11.7. The Kier molecular flexibility index (Phi) is 5.25. The number of amides is 1. The minimum atomic E-state index is -0.853. The molecule has 3 N–H and O–H groups in total. The lowest BCUT2D eigenvalue weighted by atomic mass is 9.93. The zero-order valence-electron chi connectivity index (χ0n) is 12.0. The fraction of sp³-hybridized carbons (Fsp3) is 0.467. The van der Waals surface area contributed by atoms with Crippen LogP contribution in [-0.2, 0) is 9.59 Å². The molecule has 2 rings (SSSR count). The van der Waals surface area contributed by atoms with Crippen molar-refractivity contribution < 1.29 is 14.7 Å². The van der Waals surface area contributed by atoms with Gasteiger partial charge in [0.15, 0.2) is 0 Å². The molecule has 1 aromatic carbocycles. The van der Waals surface area contributed by atoms with Crippen molar-refractivity contribution in [1.82, 2.24) is 4.90 Å². The van der Waals surface area contributed by atoms with E-state index in [4.69, 9.17) is 5.73 Å². The molecule has 0 aromatic heterocycles. The third kappa shape index (κ3) is 3.57. The Morgan fingerprint density at radius 3 is 2.48 bits per heavy atom. The number of carboxylic acid groups (broad SMARTS) is 1. The van der Waals surface area contributed by atoms with E-state index in [-0.39, 0.29) is 11.8 Å². The molecule has 21 heavy (non-hydrogen) atoms. The summed E-state index contributed by atoms with van der Waals surface area (Å²) in [6, 6.07) is 6.91. The minimum absolute atomic E-state index is 0.133. The van der Waals surface area contributed by atoms with Crippen LogP contribution < -0.4 is 5.73 Å². The molecule has 5 nitrogen and oxygen atoms in total. The lowest BCUT2D eigenvalue weighted by molar-refractivity contribution is -0.144. The number of thioether (sulfide) groups is 1. The molecule has 1 aliphatic heterocycles. The first kappa shape index (κ1) is 15.9. The van der Waals surface area contributed by atoms with Gasteiger partial charge < -0.3 is 10.8 Å². The van der Waals surface area contributed by atoms with E-state index in [1.807, 2.05) is 35.4 Å². The summed E-state index contributed by atoms with van der Waals surface area (Å²) in [5.41, 5.74) is 6.14. The van der Waals surface area contributed by atoms with Crippen molar-refractivity contribution in [2.24, 2.45) is 11.7 Å². The maximum atomic E-state index is 11.7. The van der Waals surface area contributed by atoms with Crippen LogP contribution in [0.4, 0.5) is 0 Å². The van der Waals surface area contributed by atoms with Crippen LogP contribution in [0, 0.1) is 5.92 Å². The number of carboxylic acids is 1. The van der Waals surface area contributed by atoms with Gasteiger partial charge in [-0.15, -0.1) is 11.8 Å². The molecule has 1 unspecified atom stereocenters. The lowest BCUT2D eigenvalue weighted by Gasteiger charge is -2.35. The van der Waals surface area contributed by atoms with E-state index in [1.54, 1.807) is 11.8 Å². The second kappa shape index (κ2) is 6.95. The summed E-state index contributed by atoms with van der Waals surface area (Å²) >= 11 is 1.55. The smallest absolute Gasteiger partial charge is 0.325 e. The van der Waals surface area contributed by atoms with Gasteiger partial charge in [-0.3, -0.25) is 14.5 Å². The van der Waals surface area contributed by atoms with Crippen LogP contribution >= 0.6 is 11.8 Å². The SMILES string of the molecule is CSc1ccccc1C(C(=O)O)N1CCC(C(N)=O)CC1. The number of carbonyl (C=O) groups excluding carboxylic acids is 1. The first-order valence-electron chi connectivity index (χ1n) is 6.93. The number of hydrogen-bond donors (Lipinski definition) is 2. The van der Waals surface area contributed by atoms with Crippen molar-refractivity contribution in [3.05, 3.63) is 29.8 Å². The molecule has 0 bridgehead atoms. The fourth-order valence-electron chi connectivity index (χ4n) is 2.82. The number of primary amides is 1. The third-order valence-electron chi connectivity index (χ3n) is 3.96. The van der Waals surface area contributed by atoms with Crippen LogP contribution in [0.2, 0.25) is 0 Å². The molecular formula is C15H20N2O3S. The predicted molar refractivity (Wildman–Crippen MR) is 82.1 cm³/mol. The summed E-state index contributed by atoms with van der Waals surface area (Å²) in [5, 5.41) is 9.63. The Hall–Kier alpha value is -1.53. The van der Waals surface area contributed by atoms with Crippen LogP contribution in [0.1, 0.15) is 24.4 Å². The number of rotatable bonds is 5. The van der Waals surface area contributed by atoms with Gasteiger partial charge in [-0.1, -0.05) is 18.2 Å². The van der Waals surface area contributed by atoms with Crippen molar-refractivity contribution in [2.75, 3.05) is 19.3 Å². The molecule has 0 aliphatic carbocycles. The van der Waals surface area contributed by atoms with Crippen molar-refractivity contribution in [3.8, 4) is 0 Å². The average Bonchev–Trinajstić information content (AvgIpc) is 2.48. The predicted octanol–water partition coefficient (Wildman–Crippen LogP) is 1.73. The van der Waals surface area contributed by atoms with E-state index in [0.717, 1.165) is 10.5 Å². The van der Waals surface area contributed by atoms with E-state index < -0.39 is 12.0 Å². The topological polar surface area (TPSA) is 83.6 Å². The van der Waals surface area contributed by atoms with Crippen LogP contribution in [0.15, 0.2) is 29.2 Å². The van der Waals surface area contributed by atoms with Crippen LogP contribution in [-0.4, -0.2) is 41.2 Å². The number of likely N-dealkylation sites (tertiary alicyclic amines) is 1. The molecule has 1 aromatic rings. The summed E-state index contributed by atoms with van der Waals surface area (Å²) in [6.45, 7) is 1.15. The number of benzene rings is 1. The summed E-state index contributed by atoms with van der Waals surface area (Å²) in [4.78, 5) is 25.9. The number of piperidine rings is 1. The number of carbonyl (C=O) groups is 2. The van der Waals surface area contributed by atoms with Gasteiger partial charge in [0.2, 0.25) is 5.91 Å². The molecule has 0 saturated carbocycles. The van der Waals surface area contributed by atoms with Crippen LogP contribution in [0.3, 0.4) is 0 Å². The molecule has 1 amide bonds. The minimum Gasteiger partial charge on any atom is -0.480 e. The molecular weight excluding hydrogens is 288 g/mol. The van der Waals surface area contributed by atoms with E-state index in [2.05, 4.69) is 0 Å². The normalized spacial score (nSPS) is 18.3. The van der Waals surface area contributed by atoms with E-state index in [1.165, 1.54) is 0 Å². The highest BCUT2D eigenvalue weighted by molar-refractivity contribution is 7.98. The number of hydrogen-bond acceptors (Lipinski definition) is 4. The standard InChI is InChI=1S/C15H20N2O3S/c1-21-12-5-3-2-4-11(12)13(15(19)20)17-8-6-10(7-9-17)14(16)18/h2-5,10,13H,6-9H2,1H3,(H2,16,18)(H,19,20). The highest BCUT2D eigenvalue weighted by Crippen LogP contribution is 2.32. The number of nitrogens with zero attached hydrogens (tertiary/aromatic N) is 1. The number of nitrogens with two attached hydrogens (primary N) is 1. The van der Waals surface area contributed by atoms with Crippen molar-refractivity contribution in [1.29, 1.82) is 0 Å². The Balaban J connectivity index is 2.21. The van der Waals surface area contributed by atoms with Gasteiger partial charge in [-0.25, -0.2) is 0 Å². The molecule has 1 atom stereocenters. The Bertz CT molecular complexity index is 527. The summed E-state index contributed by atoms with van der Waals surface area (Å²) in [5.74, 6) is -1.27. The Morgan fingerprint density at radius 1 is 1.33 bits per heavy atom. The second-order valence-corrected chi connectivity index (χ2v) is 6.04. The Morgan fingerprint density at radius 2 is 1.95 bits per heavy atom. The lowest BCUT2D eigenvalue weighted by Crippen LogP contribution is -2.43. The van der Waals surface area contributed by atoms with Gasteiger partial charge in [0, 0.05) is 23.9 Å². The van der Waals surface area contributed by atoms with Crippen LogP contribution in [0.5, 0.6) is 0 Å². The van der Waals surface area contributed by atoms with E-state index in [0.29, 0.717) is 25.9 Å². The van der Waals surface area contributed by atoms with Gasteiger partial charge in [-0.2, -0.15) is 0 Å². The van der Waals surface area contributed by atoms with E-state index in [9.17, 15) is 14.7 Å². The molecule has 1 saturated heterocycles. The van der Waals surface area contributed by atoms with Gasteiger partial charge in [-0.05, 0) is 30.7 Å². The zero-order valence-corrected chi connectivity index (χ0v) is 12.8. The number of aliphatic carboxylic acids is 1. The fourth-order valence-corrected chi connectivity index (χ4v) is 3.45. The van der Waals surface area contributed by atoms with Crippen molar-refractivity contribution >= 4 is 23.6 Å². The molecule has 0 radical (unpaired) electrons. The van der Waals surface area contributed by atoms with Gasteiger partial charge in [0.05, 0.1) is 0 Å². The van der Waals surface area contributed by atoms with Gasteiger partial charge in [0.25, 0.3) is 0 Å². The molecule has 1 fully saturated rings. The van der Waals surface area contributed by atoms with Gasteiger partial charge >= 0.3 is 5.97 Å². The second-order valence-electron chi connectivity index (χ2n) is 5.20. The summed E-state index contributed by atoms with van der Waals surface area (Å²) in [6.07, 6.45) is 3.19. The summed E-state index contributed by atoms with van der Waals surface area (Å²) < 4.78 is 0. The molecule has 0 spiro atoms. The highest BCUT2D eigenvalue weighted by atomic mass is 32.2. The first-order chi connectivity index (χ1) is 10.0. The summed E-state index contributed by atoms with van der Waals surface area (Å²) in [7, 11) is 0. The first-order valence-corrected chi connectivity index (χ1v) is 8.16. The Labute approximate surface area is 128 Å². The molecule has 114 valence electrons. The molecule has 1 heterocycles. The molecule has 6 heteroatoms. The van der Waals surface area contributed by atoms with Crippen molar-refractivity contribution in [2.45, 2.75) is 23.8 Å². The largest absolute Gasteiger partial charge is 0.480 e. The monoisotopic (exact) mass is 308 g/mol. The highest BCUT2D eigenvalue weighted by Gasteiger charge is 2.33. The quantitative estimate of drug-likeness (QED) is 0.809. The van der Waals surface area contributed by atoms with Crippen molar-refractivity contribution in [3.63, 3.8) is 0 Å². The van der Waals surface area contributed by atoms with Crippen LogP contribution in [0.25, 0.3) is 0 Å². The third-order valence-corrected chi connectivity index (χ3v) is 4.78.